The van der Waals surface area contributed by atoms with Crippen LogP contribution in [0, 0.1) is 18.8 Å². The molecule has 4 nitrogen and oxygen atoms in total. The SMILES string of the molecule is Cc1ccc([C@@H]2CC[C@@]3(NC(=O)C4CC4)C(=O)NC[C@H]3[C@H]2c2ccc(Cl)cc2)c(Cl)c1. The molecule has 0 unspecified atom stereocenters. The van der Waals surface area contributed by atoms with E-state index in [1.165, 1.54) is 0 Å². The molecule has 5 rings (SSSR count). The van der Waals surface area contributed by atoms with Gasteiger partial charge in [0.1, 0.15) is 5.54 Å². The molecule has 2 amide bonds. The molecule has 31 heavy (non-hydrogen) atoms. The van der Waals surface area contributed by atoms with Gasteiger partial charge in [-0.3, -0.25) is 9.59 Å². The van der Waals surface area contributed by atoms with Crippen molar-refractivity contribution >= 4 is 35.0 Å². The molecule has 2 aromatic rings. The number of nitrogens with one attached hydrogen (secondary N) is 2. The molecule has 0 spiro atoms. The van der Waals surface area contributed by atoms with Gasteiger partial charge in [0.2, 0.25) is 11.8 Å². The molecular weight excluding hydrogens is 431 g/mol. The van der Waals surface area contributed by atoms with Crippen LogP contribution in [0.5, 0.6) is 0 Å². The molecule has 4 atom stereocenters. The van der Waals surface area contributed by atoms with E-state index in [0.29, 0.717) is 18.0 Å². The maximum atomic E-state index is 13.1. The second-order valence-corrected chi connectivity index (χ2v) is 10.1. The summed E-state index contributed by atoms with van der Waals surface area (Å²) in [6, 6.07) is 14.1. The van der Waals surface area contributed by atoms with Crippen LogP contribution in [0.15, 0.2) is 42.5 Å². The first kappa shape index (κ1) is 20.8. The van der Waals surface area contributed by atoms with Gasteiger partial charge in [0.25, 0.3) is 0 Å². The van der Waals surface area contributed by atoms with Gasteiger partial charge in [-0.15, -0.1) is 0 Å². The number of rotatable bonds is 4. The average molecular weight is 457 g/mol. The summed E-state index contributed by atoms with van der Waals surface area (Å²) in [5.74, 6) is 0.145. The van der Waals surface area contributed by atoms with Crippen LogP contribution in [0.2, 0.25) is 10.0 Å². The highest BCUT2D eigenvalue weighted by atomic mass is 35.5. The van der Waals surface area contributed by atoms with E-state index in [0.717, 1.165) is 41.0 Å². The van der Waals surface area contributed by atoms with E-state index in [1.54, 1.807) is 0 Å². The van der Waals surface area contributed by atoms with E-state index in [2.05, 4.69) is 22.8 Å². The lowest BCUT2D eigenvalue weighted by Gasteiger charge is -2.47. The van der Waals surface area contributed by atoms with Crippen molar-refractivity contribution in [1.29, 1.82) is 0 Å². The molecule has 0 bridgehead atoms. The Bertz CT molecular complexity index is 1030. The quantitative estimate of drug-likeness (QED) is 0.681. The molecule has 1 heterocycles. The largest absolute Gasteiger partial charge is 0.354 e. The van der Waals surface area contributed by atoms with E-state index in [4.69, 9.17) is 23.2 Å². The van der Waals surface area contributed by atoms with Crippen LogP contribution >= 0.6 is 23.2 Å². The highest BCUT2D eigenvalue weighted by Crippen LogP contribution is 2.54. The minimum atomic E-state index is -0.863. The van der Waals surface area contributed by atoms with Crippen LogP contribution in [0.3, 0.4) is 0 Å². The number of carbonyl (C=O) groups excluding carboxylic acids is 2. The lowest BCUT2D eigenvalue weighted by atomic mass is 9.60. The third-order valence-corrected chi connectivity index (χ3v) is 7.92. The monoisotopic (exact) mass is 456 g/mol. The summed E-state index contributed by atoms with van der Waals surface area (Å²) >= 11 is 12.9. The number of hydrogen-bond donors (Lipinski definition) is 2. The molecule has 1 saturated heterocycles. The van der Waals surface area contributed by atoms with Gasteiger partial charge in [-0.05, 0) is 79.3 Å². The summed E-state index contributed by atoms with van der Waals surface area (Å²) in [6.07, 6.45) is 3.21. The van der Waals surface area contributed by atoms with Crippen molar-refractivity contribution < 1.29 is 9.59 Å². The van der Waals surface area contributed by atoms with Crippen molar-refractivity contribution in [3.05, 3.63) is 69.2 Å². The molecule has 3 fully saturated rings. The number of hydrogen-bond acceptors (Lipinski definition) is 2. The molecule has 3 aliphatic rings. The molecule has 2 N–H and O–H groups in total. The van der Waals surface area contributed by atoms with E-state index in [1.807, 2.05) is 37.3 Å². The van der Waals surface area contributed by atoms with Gasteiger partial charge in [-0.25, -0.2) is 0 Å². The number of amides is 2. The lowest BCUT2D eigenvalue weighted by Crippen LogP contribution is -2.61. The van der Waals surface area contributed by atoms with Crippen molar-refractivity contribution in [2.75, 3.05) is 6.54 Å². The second kappa shape index (κ2) is 7.83. The summed E-state index contributed by atoms with van der Waals surface area (Å²) in [5, 5.41) is 7.70. The molecule has 0 radical (unpaired) electrons. The molecule has 0 aromatic heterocycles. The Balaban J connectivity index is 1.59. The maximum Gasteiger partial charge on any atom is 0.246 e. The first-order valence-electron chi connectivity index (χ1n) is 11.0. The summed E-state index contributed by atoms with van der Waals surface area (Å²) in [5.41, 5.74) is 2.49. The zero-order chi connectivity index (χ0) is 21.8. The first-order valence-corrected chi connectivity index (χ1v) is 11.8. The summed E-state index contributed by atoms with van der Waals surface area (Å²) in [6.45, 7) is 2.57. The topological polar surface area (TPSA) is 58.2 Å². The van der Waals surface area contributed by atoms with Gasteiger partial charge in [-0.1, -0.05) is 47.5 Å². The third-order valence-electron chi connectivity index (χ3n) is 7.34. The number of benzene rings is 2. The van der Waals surface area contributed by atoms with Crippen LogP contribution < -0.4 is 10.6 Å². The van der Waals surface area contributed by atoms with Gasteiger partial charge < -0.3 is 10.6 Å². The fourth-order valence-corrected chi connectivity index (χ4v) is 6.09. The Morgan fingerprint density at radius 3 is 2.52 bits per heavy atom. The van der Waals surface area contributed by atoms with Crippen LogP contribution in [0.25, 0.3) is 0 Å². The smallest absolute Gasteiger partial charge is 0.246 e. The maximum absolute atomic E-state index is 13.1. The summed E-state index contributed by atoms with van der Waals surface area (Å²) < 4.78 is 0. The lowest BCUT2D eigenvalue weighted by molar-refractivity contribution is -0.134. The molecule has 162 valence electrons. The third kappa shape index (κ3) is 3.64. The predicted molar refractivity (Wildman–Crippen MR) is 122 cm³/mol. The van der Waals surface area contributed by atoms with E-state index >= 15 is 0 Å². The minimum absolute atomic E-state index is 0.0173. The molecule has 2 saturated carbocycles. The van der Waals surface area contributed by atoms with Gasteiger partial charge in [0, 0.05) is 28.4 Å². The summed E-state index contributed by atoms with van der Waals surface area (Å²) in [7, 11) is 0. The standard InChI is InChI=1S/C25H26Cl2N2O2/c1-14-2-9-18(21(27)12-14)19-10-11-25(29-23(30)16-3-4-16)20(13-28-24(25)31)22(19)15-5-7-17(26)8-6-15/h2,5-9,12,16,19-20,22H,3-4,10-11,13H2,1H3,(H,28,31)(H,29,30)/t19-,20-,22-,25-/m0/s1. The van der Waals surface area contributed by atoms with Crippen molar-refractivity contribution in [1.82, 2.24) is 10.6 Å². The van der Waals surface area contributed by atoms with Crippen molar-refractivity contribution in [2.45, 2.75) is 50.0 Å². The molecule has 1 aliphatic heterocycles. The number of halogens is 2. The summed E-state index contributed by atoms with van der Waals surface area (Å²) in [4.78, 5) is 25.9. The minimum Gasteiger partial charge on any atom is -0.354 e. The highest BCUT2D eigenvalue weighted by molar-refractivity contribution is 6.31. The average Bonchev–Trinajstić information content (AvgIpc) is 3.54. The molecule has 2 aromatic carbocycles. The van der Waals surface area contributed by atoms with Crippen LogP contribution in [0.1, 0.15) is 54.2 Å². The van der Waals surface area contributed by atoms with Gasteiger partial charge in [0.05, 0.1) is 0 Å². The Hall–Kier alpha value is -2.04. The Kier molecular flexibility index (Phi) is 5.26. The van der Waals surface area contributed by atoms with Gasteiger partial charge >= 0.3 is 0 Å². The van der Waals surface area contributed by atoms with Gasteiger partial charge in [-0.2, -0.15) is 0 Å². The van der Waals surface area contributed by atoms with E-state index in [9.17, 15) is 9.59 Å². The second-order valence-electron chi connectivity index (χ2n) is 9.30. The van der Waals surface area contributed by atoms with Crippen LogP contribution in [-0.4, -0.2) is 23.9 Å². The molecule has 6 heteroatoms. The normalized spacial score (nSPS) is 29.9. The van der Waals surface area contributed by atoms with Crippen LogP contribution in [-0.2, 0) is 9.59 Å². The van der Waals surface area contributed by atoms with Crippen molar-refractivity contribution in [2.24, 2.45) is 11.8 Å². The number of carbonyl (C=O) groups is 2. The number of fused-ring (bicyclic) bond motifs is 1. The van der Waals surface area contributed by atoms with Gasteiger partial charge in [0.15, 0.2) is 0 Å². The van der Waals surface area contributed by atoms with Crippen molar-refractivity contribution in [3.63, 3.8) is 0 Å². The molecule has 2 aliphatic carbocycles. The Morgan fingerprint density at radius 2 is 1.84 bits per heavy atom. The van der Waals surface area contributed by atoms with E-state index < -0.39 is 5.54 Å². The van der Waals surface area contributed by atoms with Crippen LogP contribution in [0.4, 0.5) is 0 Å². The van der Waals surface area contributed by atoms with E-state index in [-0.39, 0.29) is 35.5 Å². The first-order chi connectivity index (χ1) is 14.9. The zero-order valence-corrected chi connectivity index (χ0v) is 19.0. The fourth-order valence-electron chi connectivity index (χ4n) is 5.59. The molecular formula is C25H26Cl2N2O2. The van der Waals surface area contributed by atoms with Crippen molar-refractivity contribution in [3.8, 4) is 0 Å². The fraction of sp³-hybridized carbons (Fsp3) is 0.440. The highest BCUT2D eigenvalue weighted by Gasteiger charge is 2.59. The Morgan fingerprint density at radius 1 is 1.10 bits per heavy atom. The number of aryl methyl sites for hydroxylation is 1. The predicted octanol–water partition coefficient (Wildman–Crippen LogP) is 4.97. The Labute approximate surface area is 192 Å². The zero-order valence-electron chi connectivity index (χ0n) is 17.5.